The summed E-state index contributed by atoms with van der Waals surface area (Å²) in [5, 5.41) is 0. The summed E-state index contributed by atoms with van der Waals surface area (Å²) in [5.41, 5.74) is -0.641. The highest BCUT2D eigenvalue weighted by Gasteiger charge is 2.33. The Balaban J connectivity index is 2.96. The number of nitrogens with zero attached hydrogens (tertiary/aromatic N) is 2. The van der Waals surface area contributed by atoms with Crippen molar-refractivity contribution < 1.29 is 23.9 Å². The van der Waals surface area contributed by atoms with E-state index in [0.29, 0.717) is 19.5 Å². The summed E-state index contributed by atoms with van der Waals surface area (Å²) in [5.74, 6) is -0.528. The van der Waals surface area contributed by atoms with Gasteiger partial charge in [-0.1, -0.05) is 26.0 Å². The molecule has 25 heavy (non-hydrogen) atoms. The molecule has 0 bridgehead atoms. The second-order valence-electron chi connectivity index (χ2n) is 7.55. The lowest BCUT2D eigenvalue weighted by Gasteiger charge is -2.34. The van der Waals surface area contributed by atoms with Crippen molar-refractivity contribution in [2.75, 3.05) is 26.7 Å². The molecule has 0 saturated carbocycles. The van der Waals surface area contributed by atoms with Gasteiger partial charge in [0.1, 0.15) is 18.2 Å². The van der Waals surface area contributed by atoms with Crippen LogP contribution in [0.3, 0.4) is 0 Å². The Hall–Kier alpha value is -2.05. The van der Waals surface area contributed by atoms with Gasteiger partial charge in [0.2, 0.25) is 5.91 Å². The molecule has 7 heteroatoms. The van der Waals surface area contributed by atoms with Crippen molar-refractivity contribution in [3.63, 3.8) is 0 Å². The van der Waals surface area contributed by atoms with E-state index in [0.717, 1.165) is 0 Å². The average molecular weight is 354 g/mol. The molecule has 1 aliphatic rings. The third-order valence-electron chi connectivity index (χ3n) is 3.64. The maximum Gasteiger partial charge on any atom is 0.411 e. The first kappa shape index (κ1) is 21.0. The number of hydrogen-bond acceptors (Lipinski definition) is 5. The SMILES string of the molecule is COC(=O)[C@H](CC(C)C)N1C/C=C\CN(C(=O)OC(C)(C)C)CC1=O. The molecule has 0 aromatic carbocycles. The van der Waals surface area contributed by atoms with E-state index < -0.39 is 23.7 Å². The van der Waals surface area contributed by atoms with Gasteiger partial charge in [0.25, 0.3) is 0 Å². The number of carbonyl (C=O) groups excluding carboxylic acids is 3. The summed E-state index contributed by atoms with van der Waals surface area (Å²) in [7, 11) is 1.31. The lowest BCUT2D eigenvalue weighted by molar-refractivity contribution is -0.153. The highest BCUT2D eigenvalue weighted by Crippen LogP contribution is 2.16. The molecule has 0 aliphatic carbocycles. The van der Waals surface area contributed by atoms with Crippen LogP contribution in [0.25, 0.3) is 0 Å². The van der Waals surface area contributed by atoms with Gasteiger partial charge in [-0.2, -0.15) is 0 Å². The number of carbonyl (C=O) groups is 3. The molecule has 0 aromatic heterocycles. The Morgan fingerprint density at radius 3 is 2.32 bits per heavy atom. The third-order valence-corrected chi connectivity index (χ3v) is 3.64. The molecule has 0 radical (unpaired) electrons. The minimum absolute atomic E-state index is 0.134. The van der Waals surface area contributed by atoms with Crippen LogP contribution >= 0.6 is 0 Å². The Morgan fingerprint density at radius 1 is 1.20 bits per heavy atom. The first-order valence-corrected chi connectivity index (χ1v) is 8.55. The summed E-state index contributed by atoms with van der Waals surface area (Å²) in [6.07, 6.45) is 3.53. The zero-order valence-electron chi connectivity index (χ0n) is 16.1. The van der Waals surface area contributed by atoms with Gasteiger partial charge in [0.05, 0.1) is 7.11 Å². The minimum atomic E-state index is -0.666. The van der Waals surface area contributed by atoms with E-state index >= 15 is 0 Å². The van der Waals surface area contributed by atoms with Gasteiger partial charge in [0.15, 0.2) is 0 Å². The van der Waals surface area contributed by atoms with E-state index in [2.05, 4.69) is 0 Å². The summed E-state index contributed by atoms with van der Waals surface area (Å²) in [4.78, 5) is 40.0. The topological polar surface area (TPSA) is 76.2 Å². The predicted octanol–water partition coefficient (Wildman–Crippen LogP) is 2.21. The van der Waals surface area contributed by atoms with E-state index in [1.54, 1.807) is 32.9 Å². The maximum atomic E-state index is 12.7. The normalized spacial score (nSPS) is 18.4. The van der Waals surface area contributed by atoms with Crippen molar-refractivity contribution in [1.82, 2.24) is 9.80 Å². The van der Waals surface area contributed by atoms with Crippen LogP contribution in [0.2, 0.25) is 0 Å². The van der Waals surface area contributed by atoms with E-state index in [-0.39, 0.29) is 18.4 Å². The zero-order valence-corrected chi connectivity index (χ0v) is 16.1. The zero-order chi connectivity index (χ0) is 19.2. The Bertz CT molecular complexity index is 522. The molecule has 1 heterocycles. The molecule has 1 atom stereocenters. The molecule has 7 nitrogen and oxygen atoms in total. The standard InChI is InChI=1S/C18H30N2O5/c1-13(2)11-14(16(22)24-6)20-10-8-7-9-19(12-15(20)21)17(23)25-18(3,4)5/h7-8,13-14H,9-12H2,1-6H3/b8-7-/t14-/m0/s1. The molecule has 2 amide bonds. The van der Waals surface area contributed by atoms with Crippen molar-refractivity contribution in [3.8, 4) is 0 Å². The summed E-state index contributed by atoms with van der Waals surface area (Å²) >= 11 is 0. The fourth-order valence-corrected chi connectivity index (χ4v) is 2.51. The predicted molar refractivity (Wildman–Crippen MR) is 93.9 cm³/mol. The molecular weight excluding hydrogens is 324 g/mol. The molecule has 0 unspecified atom stereocenters. The summed E-state index contributed by atoms with van der Waals surface area (Å²) < 4.78 is 10.2. The first-order valence-electron chi connectivity index (χ1n) is 8.55. The van der Waals surface area contributed by atoms with Crippen LogP contribution in [0, 0.1) is 5.92 Å². The molecule has 1 aliphatic heterocycles. The van der Waals surface area contributed by atoms with Gasteiger partial charge >= 0.3 is 12.1 Å². The van der Waals surface area contributed by atoms with Crippen LogP contribution in [-0.4, -0.2) is 66.2 Å². The van der Waals surface area contributed by atoms with Gasteiger partial charge < -0.3 is 14.4 Å². The summed E-state index contributed by atoms with van der Waals surface area (Å²) in [6, 6.07) is -0.666. The molecule has 0 N–H and O–H groups in total. The molecule has 0 saturated heterocycles. The van der Waals surface area contributed by atoms with Crippen molar-refractivity contribution >= 4 is 18.0 Å². The Labute approximate surface area is 149 Å². The average Bonchev–Trinajstić information content (AvgIpc) is 2.46. The number of rotatable bonds is 4. The van der Waals surface area contributed by atoms with E-state index in [1.165, 1.54) is 16.9 Å². The number of esters is 1. The van der Waals surface area contributed by atoms with Crippen LogP contribution in [0.4, 0.5) is 4.79 Å². The lowest BCUT2D eigenvalue weighted by Crippen LogP contribution is -2.52. The van der Waals surface area contributed by atoms with Crippen molar-refractivity contribution in [2.24, 2.45) is 5.92 Å². The van der Waals surface area contributed by atoms with Crippen LogP contribution in [-0.2, 0) is 19.1 Å². The maximum absolute atomic E-state index is 12.7. The highest BCUT2D eigenvalue weighted by atomic mass is 16.6. The Morgan fingerprint density at radius 2 is 1.80 bits per heavy atom. The molecule has 0 aromatic rings. The van der Waals surface area contributed by atoms with E-state index in [9.17, 15) is 14.4 Å². The monoisotopic (exact) mass is 354 g/mol. The van der Waals surface area contributed by atoms with Gasteiger partial charge in [-0.25, -0.2) is 9.59 Å². The van der Waals surface area contributed by atoms with Gasteiger partial charge in [-0.15, -0.1) is 0 Å². The molecule has 0 fully saturated rings. The molecule has 0 spiro atoms. The fraction of sp³-hybridized carbons (Fsp3) is 0.722. The number of methoxy groups -OCH3 is 1. The second-order valence-corrected chi connectivity index (χ2v) is 7.55. The fourth-order valence-electron chi connectivity index (χ4n) is 2.51. The number of ether oxygens (including phenoxy) is 2. The highest BCUT2D eigenvalue weighted by molar-refractivity contribution is 5.87. The summed E-state index contributed by atoms with van der Waals surface area (Å²) in [6.45, 7) is 9.75. The second kappa shape index (κ2) is 8.87. The number of hydrogen-bond donors (Lipinski definition) is 0. The Kier molecular flexibility index (Phi) is 7.45. The number of amides is 2. The van der Waals surface area contributed by atoms with Gasteiger partial charge in [-0.3, -0.25) is 9.69 Å². The quantitative estimate of drug-likeness (QED) is 0.571. The molecular formula is C18H30N2O5. The first-order chi connectivity index (χ1) is 11.5. The largest absolute Gasteiger partial charge is 0.467 e. The molecule has 142 valence electrons. The lowest BCUT2D eigenvalue weighted by atomic mass is 10.0. The van der Waals surface area contributed by atoms with Gasteiger partial charge in [-0.05, 0) is 33.1 Å². The molecule has 1 rings (SSSR count). The van der Waals surface area contributed by atoms with Crippen LogP contribution in [0.5, 0.6) is 0 Å². The smallest absolute Gasteiger partial charge is 0.411 e. The van der Waals surface area contributed by atoms with E-state index in [1.807, 2.05) is 13.8 Å². The van der Waals surface area contributed by atoms with Gasteiger partial charge in [0, 0.05) is 13.1 Å². The van der Waals surface area contributed by atoms with Crippen LogP contribution < -0.4 is 0 Å². The third kappa shape index (κ3) is 6.76. The van der Waals surface area contributed by atoms with Crippen LogP contribution in [0.15, 0.2) is 12.2 Å². The van der Waals surface area contributed by atoms with Crippen molar-refractivity contribution in [3.05, 3.63) is 12.2 Å². The minimum Gasteiger partial charge on any atom is -0.467 e. The van der Waals surface area contributed by atoms with Crippen molar-refractivity contribution in [2.45, 2.75) is 52.7 Å². The van der Waals surface area contributed by atoms with E-state index in [4.69, 9.17) is 9.47 Å². The van der Waals surface area contributed by atoms with Crippen molar-refractivity contribution in [1.29, 1.82) is 0 Å². The van der Waals surface area contributed by atoms with Crippen LogP contribution in [0.1, 0.15) is 41.0 Å².